The Hall–Kier alpha value is -1.81. The molecule has 1 aliphatic heterocycles. The van der Waals surface area contributed by atoms with E-state index in [-0.39, 0.29) is 6.10 Å². The third-order valence-corrected chi connectivity index (χ3v) is 3.69. The van der Waals surface area contributed by atoms with Gasteiger partial charge in [-0.05, 0) is 31.2 Å². The molecule has 0 amide bonds. The first-order valence-corrected chi connectivity index (χ1v) is 7.24. The third-order valence-electron chi connectivity index (χ3n) is 3.69. The van der Waals surface area contributed by atoms with Crippen LogP contribution in [0.25, 0.3) is 0 Å². The fourth-order valence-corrected chi connectivity index (χ4v) is 2.67. The van der Waals surface area contributed by atoms with Gasteiger partial charge in [-0.3, -0.25) is 4.68 Å². The van der Waals surface area contributed by atoms with Gasteiger partial charge in [-0.25, -0.2) is 0 Å². The number of nitrogens with one attached hydrogen (secondary N) is 1. The van der Waals surface area contributed by atoms with E-state index in [2.05, 4.69) is 48.5 Å². The lowest BCUT2D eigenvalue weighted by Gasteiger charge is -2.13. The van der Waals surface area contributed by atoms with E-state index < -0.39 is 0 Å². The van der Waals surface area contributed by atoms with Crippen LogP contribution in [0.2, 0.25) is 0 Å². The zero-order valence-electron chi connectivity index (χ0n) is 12.1. The Morgan fingerprint density at radius 3 is 3.15 bits per heavy atom. The van der Waals surface area contributed by atoms with Gasteiger partial charge < -0.3 is 10.1 Å². The van der Waals surface area contributed by atoms with E-state index in [0.29, 0.717) is 0 Å². The number of rotatable bonds is 5. The summed E-state index contributed by atoms with van der Waals surface area (Å²) in [5.74, 6) is 1.03. The van der Waals surface area contributed by atoms with Crippen molar-refractivity contribution in [3.63, 3.8) is 0 Å². The molecular weight excluding hydrogens is 250 g/mol. The number of hydrogen-bond donors (Lipinski definition) is 1. The van der Waals surface area contributed by atoms with Crippen molar-refractivity contribution in [1.29, 1.82) is 0 Å². The maximum absolute atomic E-state index is 6.01. The van der Waals surface area contributed by atoms with E-state index in [1.165, 1.54) is 16.8 Å². The predicted molar refractivity (Wildman–Crippen MR) is 78.9 cm³/mol. The topological polar surface area (TPSA) is 39.1 Å². The molecule has 1 atom stereocenters. The van der Waals surface area contributed by atoms with Gasteiger partial charge in [-0.1, -0.05) is 24.6 Å². The molecule has 2 aromatic rings. The molecule has 0 saturated carbocycles. The Balaban J connectivity index is 1.67. The molecule has 20 heavy (non-hydrogen) atoms. The van der Waals surface area contributed by atoms with Crippen LogP contribution in [0.1, 0.15) is 23.7 Å². The van der Waals surface area contributed by atoms with Gasteiger partial charge in [0.05, 0.1) is 12.2 Å². The number of aryl methyl sites for hydroxylation is 1. The highest BCUT2D eigenvalue weighted by Gasteiger charge is 2.23. The fourth-order valence-electron chi connectivity index (χ4n) is 2.67. The van der Waals surface area contributed by atoms with Crippen LogP contribution in [0, 0.1) is 6.92 Å². The Bertz CT molecular complexity index is 591. The highest BCUT2D eigenvalue weighted by atomic mass is 16.5. The lowest BCUT2D eigenvalue weighted by atomic mass is 10.1. The number of benzene rings is 1. The molecule has 0 fully saturated rings. The van der Waals surface area contributed by atoms with Crippen molar-refractivity contribution in [2.24, 2.45) is 0 Å². The second-order valence-electron chi connectivity index (χ2n) is 5.34. The predicted octanol–water partition coefficient (Wildman–Crippen LogP) is 2.30. The number of hydrogen-bond acceptors (Lipinski definition) is 3. The van der Waals surface area contributed by atoms with Crippen molar-refractivity contribution >= 4 is 0 Å². The molecular formula is C16H21N3O. The minimum Gasteiger partial charge on any atom is -0.488 e. The Morgan fingerprint density at radius 2 is 2.30 bits per heavy atom. The Labute approximate surface area is 119 Å². The zero-order valence-corrected chi connectivity index (χ0v) is 12.1. The quantitative estimate of drug-likeness (QED) is 0.907. The molecule has 0 aliphatic carbocycles. The standard InChI is InChI=1S/C16H21N3O/c1-3-17-10-14-6-7-18-19(14)11-15-9-13-8-12(2)4-5-16(13)20-15/h4-8,15,17H,3,9-11H2,1-2H3. The molecule has 106 valence electrons. The molecule has 1 aromatic carbocycles. The van der Waals surface area contributed by atoms with Gasteiger partial charge in [0.2, 0.25) is 0 Å². The molecule has 0 bridgehead atoms. The van der Waals surface area contributed by atoms with Crippen LogP contribution in [0.15, 0.2) is 30.5 Å². The highest BCUT2D eigenvalue weighted by molar-refractivity contribution is 5.40. The van der Waals surface area contributed by atoms with E-state index in [9.17, 15) is 0 Å². The highest BCUT2D eigenvalue weighted by Crippen LogP contribution is 2.30. The van der Waals surface area contributed by atoms with E-state index in [1.54, 1.807) is 0 Å². The molecule has 1 unspecified atom stereocenters. The Kier molecular flexibility index (Phi) is 3.74. The fraction of sp³-hybridized carbons (Fsp3) is 0.438. The van der Waals surface area contributed by atoms with Crippen molar-refractivity contribution in [2.45, 2.75) is 39.5 Å². The maximum atomic E-state index is 6.01. The van der Waals surface area contributed by atoms with E-state index in [4.69, 9.17) is 4.74 Å². The first-order valence-electron chi connectivity index (χ1n) is 7.24. The summed E-state index contributed by atoms with van der Waals surface area (Å²) in [6, 6.07) is 8.46. The average molecular weight is 271 g/mol. The first kappa shape index (κ1) is 13.2. The summed E-state index contributed by atoms with van der Waals surface area (Å²) in [7, 11) is 0. The van der Waals surface area contributed by atoms with Gasteiger partial charge in [0.1, 0.15) is 11.9 Å². The molecule has 2 heterocycles. The second-order valence-corrected chi connectivity index (χ2v) is 5.34. The van der Waals surface area contributed by atoms with Crippen molar-refractivity contribution in [2.75, 3.05) is 6.54 Å². The van der Waals surface area contributed by atoms with E-state index >= 15 is 0 Å². The minimum atomic E-state index is 0.187. The first-order chi connectivity index (χ1) is 9.76. The van der Waals surface area contributed by atoms with Gasteiger partial charge in [0, 0.05) is 19.2 Å². The van der Waals surface area contributed by atoms with Gasteiger partial charge in [0.25, 0.3) is 0 Å². The van der Waals surface area contributed by atoms with Crippen LogP contribution in [0.3, 0.4) is 0 Å². The number of fused-ring (bicyclic) bond motifs is 1. The molecule has 1 N–H and O–H groups in total. The summed E-state index contributed by atoms with van der Waals surface area (Å²) >= 11 is 0. The van der Waals surface area contributed by atoms with E-state index in [0.717, 1.165) is 31.8 Å². The number of ether oxygens (including phenoxy) is 1. The van der Waals surface area contributed by atoms with Crippen LogP contribution in [-0.2, 0) is 19.5 Å². The normalized spacial score (nSPS) is 17.0. The molecule has 4 nitrogen and oxygen atoms in total. The summed E-state index contributed by atoms with van der Waals surface area (Å²) in [6.07, 6.45) is 3.02. The molecule has 0 saturated heterocycles. The Morgan fingerprint density at radius 1 is 1.40 bits per heavy atom. The number of aromatic nitrogens is 2. The molecule has 0 radical (unpaired) electrons. The van der Waals surface area contributed by atoms with Gasteiger partial charge in [0.15, 0.2) is 0 Å². The van der Waals surface area contributed by atoms with Crippen LogP contribution in [0.5, 0.6) is 5.75 Å². The summed E-state index contributed by atoms with van der Waals surface area (Å²) in [6.45, 7) is 6.86. The molecule has 4 heteroatoms. The molecule has 1 aliphatic rings. The zero-order chi connectivity index (χ0) is 13.9. The van der Waals surface area contributed by atoms with Gasteiger partial charge in [-0.15, -0.1) is 0 Å². The van der Waals surface area contributed by atoms with Crippen LogP contribution >= 0.6 is 0 Å². The van der Waals surface area contributed by atoms with Crippen LogP contribution in [0.4, 0.5) is 0 Å². The summed E-state index contributed by atoms with van der Waals surface area (Å²) in [5, 5.41) is 7.75. The second kappa shape index (κ2) is 5.67. The minimum absolute atomic E-state index is 0.187. The summed E-state index contributed by atoms with van der Waals surface area (Å²) in [4.78, 5) is 0. The van der Waals surface area contributed by atoms with Crippen LogP contribution in [-0.4, -0.2) is 22.4 Å². The number of nitrogens with zero attached hydrogens (tertiary/aromatic N) is 2. The van der Waals surface area contributed by atoms with Crippen LogP contribution < -0.4 is 10.1 Å². The molecule has 1 aromatic heterocycles. The van der Waals surface area contributed by atoms with Gasteiger partial charge >= 0.3 is 0 Å². The smallest absolute Gasteiger partial charge is 0.123 e. The van der Waals surface area contributed by atoms with Crippen molar-refractivity contribution in [3.8, 4) is 5.75 Å². The summed E-state index contributed by atoms with van der Waals surface area (Å²) < 4.78 is 8.06. The molecule has 0 spiro atoms. The van der Waals surface area contributed by atoms with Crippen molar-refractivity contribution in [3.05, 3.63) is 47.3 Å². The average Bonchev–Trinajstić information content (AvgIpc) is 3.02. The third kappa shape index (κ3) is 2.70. The molecule has 3 rings (SSSR count). The monoisotopic (exact) mass is 271 g/mol. The lowest BCUT2D eigenvalue weighted by molar-refractivity contribution is 0.201. The van der Waals surface area contributed by atoms with Crippen molar-refractivity contribution in [1.82, 2.24) is 15.1 Å². The maximum Gasteiger partial charge on any atom is 0.123 e. The summed E-state index contributed by atoms with van der Waals surface area (Å²) in [5.41, 5.74) is 3.82. The van der Waals surface area contributed by atoms with E-state index in [1.807, 2.05) is 10.9 Å². The SMILES string of the molecule is CCNCc1ccnn1CC1Cc2cc(C)ccc2O1. The largest absolute Gasteiger partial charge is 0.488 e. The van der Waals surface area contributed by atoms with Crippen molar-refractivity contribution < 1.29 is 4.74 Å². The lowest BCUT2D eigenvalue weighted by Crippen LogP contribution is -2.24. The van der Waals surface area contributed by atoms with Gasteiger partial charge in [-0.2, -0.15) is 5.10 Å².